The van der Waals surface area contributed by atoms with Gasteiger partial charge in [-0.2, -0.15) is 0 Å². The zero-order valence-corrected chi connectivity index (χ0v) is 20.2. The molecule has 1 fully saturated rings. The number of urea groups is 1. The Morgan fingerprint density at radius 1 is 1.12 bits per heavy atom. The van der Waals surface area contributed by atoms with Gasteiger partial charge in [-0.3, -0.25) is 14.9 Å². The second-order valence-corrected chi connectivity index (χ2v) is 9.53. The van der Waals surface area contributed by atoms with Crippen molar-refractivity contribution in [3.63, 3.8) is 0 Å². The van der Waals surface area contributed by atoms with Crippen molar-refractivity contribution in [2.24, 2.45) is 0 Å². The minimum atomic E-state index is -0.832. The Hall–Kier alpha value is -3.48. The highest BCUT2D eigenvalue weighted by Gasteiger charge is 2.39. The smallest absolute Gasteiger partial charge is 0.335 e. The quantitative estimate of drug-likeness (QED) is 0.502. The van der Waals surface area contributed by atoms with E-state index in [4.69, 9.17) is 0 Å². The molecule has 2 aliphatic heterocycles. The van der Waals surface area contributed by atoms with Gasteiger partial charge < -0.3 is 4.90 Å². The van der Waals surface area contributed by atoms with Crippen LogP contribution in [0.5, 0.6) is 0 Å². The SMILES string of the molecule is CCc1ccccc1N1C(=O)NC(=O)/C(=C/c2cc3c(cc2F)N(CC)C(C)(C)CC3C)C1=O. The third-order valence-electron chi connectivity index (χ3n) is 6.84. The molecule has 0 aliphatic carbocycles. The van der Waals surface area contributed by atoms with Gasteiger partial charge in [0.05, 0.1) is 5.69 Å². The van der Waals surface area contributed by atoms with Crippen LogP contribution in [0.1, 0.15) is 63.6 Å². The lowest BCUT2D eigenvalue weighted by Gasteiger charge is -2.47. The summed E-state index contributed by atoms with van der Waals surface area (Å²) in [5.41, 5.74) is 2.77. The molecule has 2 aromatic carbocycles. The first-order chi connectivity index (χ1) is 16.1. The number of aryl methyl sites for hydroxylation is 1. The lowest BCUT2D eigenvalue weighted by molar-refractivity contribution is -0.122. The number of amides is 4. The summed E-state index contributed by atoms with van der Waals surface area (Å²) in [6.07, 6.45) is 2.75. The van der Waals surface area contributed by atoms with Crippen LogP contribution in [0, 0.1) is 5.82 Å². The van der Waals surface area contributed by atoms with E-state index in [9.17, 15) is 14.4 Å². The van der Waals surface area contributed by atoms with E-state index in [1.165, 1.54) is 12.1 Å². The van der Waals surface area contributed by atoms with Gasteiger partial charge in [0, 0.05) is 23.3 Å². The van der Waals surface area contributed by atoms with Crippen LogP contribution < -0.4 is 15.1 Å². The van der Waals surface area contributed by atoms with Crippen LogP contribution in [0.15, 0.2) is 42.0 Å². The molecule has 34 heavy (non-hydrogen) atoms. The van der Waals surface area contributed by atoms with Crippen LogP contribution in [0.25, 0.3) is 6.08 Å². The van der Waals surface area contributed by atoms with Crippen molar-refractivity contribution in [3.8, 4) is 0 Å². The van der Waals surface area contributed by atoms with E-state index >= 15 is 4.39 Å². The number of carbonyl (C=O) groups excluding carboxylic acids is 3. The second-order valence-electron chi connectivity index (χ2n) is 9.53. The molecule has 0 bridgehead atoms. The number of halogens is 1. The molecule has 1 atom stereocenters. The van der Waals surface area contributed by atoms with Crippen molar-refractivity contribution >= 4 is 35.3 Å². The number of anilines is 2. The standard InChI is InChI=1S/C27H30FN3O3/c1-6-17-10-8-9-11-22(17)31-25(33)20(24(32)29-26(31)34)13-18-12-19-16(3)15-27(4,5)30(7-2)23(19)14-21(18)28/h8-14,16H,6-7,15H2,1-5H3,(H,29,32,34)/b20-13-. The normalized spacial score (nSPS) is 21.1. The minimum Gasteiger partial charge on any atom is -0.366 e. The Morgan fingerprint density at radius 2 is 1.82 bits per heavy atom. The Balaban J connectivity index is 1.79. The van der Waals surface area contributed by atoms with E-state index in [0.717, 1.165) is 34.7 Å². The molecule has 7 heteroatoms. The van der Waals surface area contributed by atoms with Gasteiger partial charge in [-0.15, -0.1) is 0 Å². The van der Waals surface area contributed by atoms with E-state index < -0.39 is 23.7 Å². The first kappa shape index (κ1) is 23.7. The molecule has 4 amide bonds. The van der Waals surface area contributed by atoms with Gasteiger partial charge in [0.15, 0.2) is 0 Å². The topological polar surface area (TPSA) is 69.7 Å². The average molecular weight is 464 g/mol. The summed E-state index contributed by atoms with van der Waals surface area (Å²) in [5.74, 6) is -1.94. The summed E-state index contributed by atoms with van der Waals surface area (Å²) in [5, 5.41) is 2.23. The fourth-order valence-corrected chi connectivity index (χ4v) is 5.29. The first-order valence-electron chi connectivity index (χ1n) is 11.7. The minimum absolute atomic E-state index is 0.111. The maximum Gasteiger partial charge on any atom is 0.335 e. The fourth-order valence-electron chi connectivity index (χ4n) is 5.29. The number of para-hydroxylation sites is 1. The molecule has 6 nitrogen and oxygen atoms in total. The first-order valence-corrected chi connectivity index (χ1v) is 11.7. The lowest BCUT2D eigenvalue weighted by atomic mass is 9.79. The average Bonchev–Trinajstić information content (AvgIpc) is 2.77. The van der Waals surface area contributed by atoms with Crippen LogP contribution in [0.2, 0.25) is 0 Å². The molecule has 0 spiro atoms. The van der Waals surface area contributed by atoms with Crippen LogP contribution in [-0.4, -0.2) is 29.9 Å². The summed E-state index contributed by atoms with van der Waals surface area (Å²) < 4.78 is 15.3. The Morgan fingerprint density at radius 3 is 2.50 bits per heavy atom. The predicted octanol–water partition coefficient (Wildman–Crippen LogP) is 5.17. The van der Waals surface area contributed by atoms with E-state index in [1.54, 1.807) is 18.2 Å². The Labute approximate surface area is 199 Å². The molecule has 2 aliphatic rings. The van der Waals surface area contributed by atoms with E-state index in [2.05, 4.69) is 31.0 Å². The monoisotopic (exact) mass is 463 g/mol. The molecule has 1 unspecified atom stereocenters. The number of nitrogens with zero attached hydrogens (tertiary/aromatic N) is 2. The predicted molar refractivity (Wildman–Crippen MR) is 131 cm³/mol. The second kappa shape index (κ2) is 8.70. The largest absolute Gasteiger partial charge is 0.366 e. The maximum atomic E-state index is 15.3. The molecule has 0 radical (unpaired) electrons. The zero-order chi connectivity index (χ0) is 24.8. The maximum absolute atomic E-state index is 15.3. The third kappa shape index (κ3) is 3.89. The van der Waals surface area contributed by atoms with Gasteiger partial charge in [-0.05, 0) is 74.9 Å². The summed E-state index contributed by atoms with van der Waals surface area (Å²) in [6.45, 7) is 11.1. The summed E-state index contributed by atoms with van der Waals surface area (Å²) in [7, 11) is 0. The summed E-state index contributed by atoms with van der Waals surface area (Å²) >= 11 is 0. The molecule has 1 N–H and O–H groups in total. The summed E-state index contributed by atoms with van der Waals surface area (Å²) in [4.78, 5) is 41.6. The molecule has 2 aromatic rings. The molecular weight excluding hydrogens is 433 g/mol. The number of rotatable bonds is 4. The van der Waals surface area contributed by atoms with Crippen molar-refractivity contribution < 1.29 is 18.8 Å². The number of hydrogen-bond donors (Lipinski definition) is 1. The van der Waals surface area contributed by atoms with Crippen molar-refractivity contribution in [2.75, 3.05) is 16.3 Å². The number of hydrogen-bond acceptors (Lipinski definition) is 4. The van der Waals surface area contributed by atoms with Crippen molar-refractivity contribution in [1.29, 1.82) is 0 Å². The molecule has 178 valence electrons. The number of carbonyl (C=O) groups is 3. The highest BCUT2D eigenvalue weighted by molar-refractivity contribution is 6.39. The molecule has 4 rings (SSSR count). The van der Waals surface area contributed by atoms with Crippen molar-refractivity contribution in [3.05, 3.63) is 64.5 Å². The molecule has 0 aromatic heterocycles. The van der Waals surface area contributed by atoms with Crippen molar-refractivity contribution in [2.45, 2.75) is 58.9 Å². The zero-order valence-electron chi connectivity index (χ0n) is 20.2. The molecular formula is C27H30FN3O3. The molecule has 1 saturated heterocycles. The third-order valence-corrected chi connectivity index (χ3v) is 6.84. The van der Waals surface area contributed by atoms with Gasteiger partial charge in [-0.1, -0.05) is 32.0 Å². The lowest BCUT2D eigenvalue weighted by Crippen LogP contribution is -2.54. The molecule has 0 saturated carbocycles. The van der Waals surface area contributed by atoms with Crippen LogP contribution in [-0.2, 0) is 16.0 Å². The number of nitrogens with one attached hydrogen (secondary N) is 1. The fraction of sp³-hybridized carbons (Fsp3) is 0.370. The van der Waals surface area contributed by atoms with Gasteiger partial charge in [0.2, 0.25) is 0 Å². The van der Waals surface area contributed by atoms with Crippen LogP contribution in [0.3, 0.4) is 0 Å². The van der Waals surface area contributed by atoms with E-state index in [0.29, 0.717) is 12.1 Å². The molecule has 2 heterocycles. The van der Waals surface area contributed by atoms with Crippen LogP contribution in [0.4, 0.5) is 20.6 Å². The van der Waals surface area contributed by atoms with Gasteiger partial charge in [-0.25, -0.2) is 14.1 Å². The van der Waals surface area contributed by atoms with E-state index in [1.807, 2.05) is 26.0 Å². The van der Waals surface area contributed by atoms with Gasteiger partial charge in [0.25, 0.3) is 11.8 Å². The Bertz CT molecular complexity index is 1220. The summed E-state index contributed by atoms with van der Waals surface area (Å²) in [6, 6.07) is 9.42. The van der Waals surface area contributed by atoms with Crippen molar-refractivity contribution in [1.82, 2.24) is 5.32 Å². The number of benzene rings is 2. The van der Waals surface area contributed by atoms with Crippen LogP contribution >= 0.6 is 0 Å². The van der Waals surface area contributed by atoms with Gasteiger partial charge >= 0.3 is 6.03 Å². The number of barbiturate groups is 1. The van der Waals surface area contributed by atoms with E-state index in [-0.39, 0.29) is 22.6 Å². The number of imide groups is 2. The van der Waals surface area contributed by atoms with Gasteiger partial charge in [0.1, 0.15) is 11.4 Å². The highest BCUT2D eigenvalue weighted by Crippen LogP contribution is 2.44. The Kier molecular flexibility index (Phi) is 6.06. The highest BCUT2D eigenvalue weighted by atomic mass is 19.1. The number of fused-ring (bicyclic) bond motifs is 1.